The van der Waals surface area contributed by atoms with Crippen LogP contribution in [0.2, 0.25) is 0 Å². The van der Waals surface area contributed by atoms with Gasteiger partial charge in [-0.15, -0.1) is 11.6 Å². The zero-order valence-electron chi connectivity index (χ0n) is 9.86. The van der Waals surface area contributed by atoms with Crippen molar-refractivity contribution in [3.63, 3.8) is 0 Å². The van der Waals surface area contributed by atoms with E-state index in [1.807, 2.05) is 49.4 Å². The van der Waals surface area contributed by atoms with Crippen LogP contribution in [-0.4, -0.2) is 5.78 Å². The molecule has 0 heterocycles. The average molecular weight is 324 g/mol. The molecule has 1 unspecified atom stereocenters. The maximum atomic E-state index is 12.3. The van der Waals surface area contributed by atoms with Gasteiger partial charge in [0.1, 0.15) is 5.38 Å². The molecule has 1 nitrogen and oxygen atoms in total. The minimum atomic E-state index is -0.633. The maximum absolute atomic E-state index is 12.3. The van der Waals surface area contributed by atoms with Crippen molar-refractivity contribution in [3.05, 3.63) is 69.7 Å². The van der Waals surface area contributed by atoms with Crippen molar-refractivity contribution >= 4 is 33.3 Å². The van der Waals surface area contributed by atoms with Crippen molar-refractivity contribution < 1.29 is 4.79 Å². The lowest BCUT2D eigenvalue weighted by molar-refractivity contribution is 0.0986. The summed E-state index contributed by atoms with van der Waals surface area (Å²) in [4.78, 5) is 12.3. The van der Waals surface area contributed by atoms with Crippen LogP contribution in [0.5, 0.6) is 0 Å². The van der Waals surface area contributed by atoms with Gasteiger partial charge in [0, 0.05) is 10.0 Å². The Morgan fingerprint density at radius 1 is 1.17 bits per heavy atom. The third-order valence-corrected chi connectivity index (χ3v) is 3.72. The van der Waals surface area contributed by atoms with Gasteiger partial charge < -0.3 is 0 Å². The molecular formula is C15H12BrClO. The summed E-state index contributed by atoms with van der Waals surface area (Å²) in [5, 5.41) is -0.633. The van der Waals surface area contributed by atoms with Crippen LogP contribution in [0.15, 0.2) is 53.0 Å². The molecule has 3 heteroatoms. The minimum Gasteiger partial charge on any atom is -0.292 e. The van der Waals surface area contributed by atoms with Gasteiger partial charge in [0.05, 0.1) is 0 Å². The van der Waals surface area contributed by atoms with E-state index in [1.165, 1.54) is 0 Å². The topological polar surface area (TPSA) is 17.1 Å². The molecular weight excluding hydrogens is 312 g/mol. The third kappa shape index (κ3) is 2.82. The Balaban J connectivity index is 2.32. The number of hydrogen-bond donors (Lipinski definition) is 0. The molecule has 0 saturated heterocycles. The van der Waals surface area contributed by atoms with E-state index in [2.05, 4.69) is 15.9 Å². The number of rotatable bonds is 3. The van der Waals surface area contributed by atoms with Crippen LogP contribution in [0.4, 0.5) is 0 Å². The van der Waals surface area contributed by atoms with Gasteiger partial charge in [-0.3, -0.25) is 4.79 Å². The smallest absolute Gasteiger partial charge is 0.185 e. The molecule has 2 rings (SSSR count). The van der Waals surface area contributed by atoms with Gasteiger partial charge in [-0.1, -0.05) is 46.3 Å². The van der Waals surface area contributed by atoms with Crippen LogP contribution >= 0.6 is 27.5 Å². The number of hydrogen-bond acceptors (Lipinski definition) is 1. The minimum absolute atomic E-state index is 0.0622. The number of halogens is 2. The summed E-state index contributed by atoms with van der Waals surface area (Å²) < 4.78 is 0.961. The normalized spacial score (nSPS) is 12.2. The molecule has 0 aliphatic heterocycles. The quantitative estimate of drug-likeness (QED) is 0.579. The molecule has 0 aliphatic carbocycles. The molecule has 0 fully saturated rings. The largest absolute Gasteiger partial charge is 0.292 e. The summed E-state index contributed by atoms with van der Waals surface area (Å²) in [6.45, 7) is 1.91. The summed E-state index contributed by atoms with van der Waals surface area (Å²) in [6, 6.07) is 15.0. The van der Waals surface area contributed by atoms with Crippen LogP contribution in [0.25, 0.3) is 0 Å². The van der Waals surface area contributed by atoms with Crippen LogP contribution in [0.1, 0.15) is 26.9 Å². The monoisotopic (exact) mass is 322 g/mol. The van der Waals surface area contributed by atoms with E-state index in [4.69, 9.17) is 11.6 Å². The molecule has 0 saturated carbocycles. The molecule has 0 amide bonds. The fourth-order valence-corrected chi connectivity index (χ4v) is 2.55. The fourth-order valence-electron chi connectivity index (χ4n) is 1.81. The highest BCUT2D eigenvalue weighted by molar-refractivity contribution is 9.10. The zero-order valence-corrected chi connectivity index (χ0v) is 12.2. The molecule has 2 aromatic rings. The van der Waals surface area contributed by atoms with Crippen molar-refractivity contribution in [2.75, 3.05) is 0 Å². The first-order valence-corrected chi connectivity index (χ1v) is 6.82. The summed E-state index contributed by atoms with van der Waals surface area (Å²) in [5.74, 6) is -0.0622. The van der Waals surface area contributed by atoms with E-state index in [0.717, 1.165) is 15.6 Å². The lowest BCUT2D eigenvalue weighted by Crippen LogP contribution is -2.09. The Kier molecular flexibility index (Phi) is 4.20. The summed E-state index contributed by atoms with van der Waals surface area (Å²) >= 11 is 9.62. The van der Waals surface area contributed by atoms with Crippen LogP contribution in [-0.2, 0) is 0 Å². The second-order valence-corrected chi connectivity index (χ2v) is 5.45. The molecule has 0 aliphatic rings. The van der Waals surface area contributed by atoms with E-state index in [9.17, 15) is 4.79 Å². The Bertz CT molecular complexity index is 566. The van der Waals surface area contributed by atoms with Gasteiger partial charge in [0.15, 0.2) is 5.78 Å². The maximum Gasteiger partial charge on any atom is 0.185 e. The van der Waals surface area contributed by atoms with Gasteiger partial charge in [0.25, 0.3) is 0 Å². The fraction of sp³-hybridized carbons (Fsp3) is 0.133. The summed E-state index contributed by atoms with van der Waals surface area (Å²) in [7, 11) is 0. The highest BCUT2D eigenvalue weighted by atomic mass is 79.9. The van der Waals surface area contributed by atoms with E-state index in [0.29, 0.717) is 5.56 Å². The second kappa shape index (κ2) is 5.68. The highest BCUT2D eigenvalue weighted by Gasteiger charge is 2.20. The van der Waals surface area contributed by atoms with Crippen LogP contribution < -0.4 is 0 Å². The number of aryl methyl sites for hydroxylation is 1. The molecule has 1 atom stereocenters. The Morgan fingerprint density at radius 3 is 2.44 bits per heavy atom. The SMILES string of the molecule is Cc1cc(Br)ccc1C(=O)C(Cl)c1ccccc1. The van der Waals surface area contributed by atoms with E-state index >= 15 is 0 Å². The number of Topliss-reactive ketones (excluding diaryl/α,β-unsaturated/α-hetero) is 1. The Morgan fingerprint density at radius 2 is 1.83 bits per heavy atom. The van der Waals surface area contributed by atoms with Gasteiger partial charge in [-0.05, 0) is 36.2 Å². The standard InChI is InChI=1S/C15H12BrClO/c1-10-9-12(16)7-8-13(10)15(18)14(17)11-5-3-2-4-6-11/h2-9,14H,1H3. The predicted octanol–water partition coefficient (Wildman–Crippen LogP) is 4.92. The highest BCUT2D eigenvalue weighted by Crippen LogP contribution is 2.27. The van der Waals surface area contributed by atoms with Crippen molar-refractivity contribution in [3.8, 4) is 0 Å². The number of alkyl halides is 1. The number of ketones is 1. The van der Waals surface area contributed by atoms with Crippen molar-refractivity contribution in [2.24, 2.45) is 0 Å². The van der Waals surface area contributed by atoms with Gasteiger partial charge in [-0.25, -0.2) is 0 Å². The number of benzene rings is 2. The summed E-state index contributed by atoms with van der Waals surface area (Å²) in [6.07, 6.45) is 0. The molecule has 0 radical (unpaired) electrons. The molecule has 18 heavy (non-hydrogen) atoms. The molecule has 0 aromatic heterocycles. The first kappa shape index (κ1) is 13.3. The molecule has 0 spiro atoms. The van der Waals surface area contributed by atoms with Gasteiger partial charge >= 0.3 is 0 Å². The lowest BCUT2D eigenvalue weighted by atomic mass is 9.99. The summed E-state index contributed by atoms with van der Waals surface area (Å²) in [5.41, 5.74) is 2.42. The van der Waals surface area contributed by atoms with Crippen molar-refractivity contribution in [1.82, 2.24) is 0 Å². The first-order chi connectivity index (χ1) is 8.59. The van der Waals surface area contributed by atoms with E-state index < -0.39 is 5.38 Å². The Labute approximate surface area is 120 Å². The average Bonchev–Trinajstić information content (AvgIpc) is 2.38. The van der Waals surface area contributed by atoms with Crippen molar-refractivity contribution in [1.29, 1.82) is 0 Å². The Hall–Kier alpha value is -1.12. The van der Waals surface area contributed by atoms with Crippen molar-refractivity contribution in [2.45, 2.75) is 12.3 Å². The first-order valence-electron chi connectivity index (χ1n) is 5.59. The van der Waals surface area contributed by atoms with Crippen LogP contribution in [0.3, 0.4) is 0 Å². The van der Waals surface area contributed by atoms with Crippen LogP contribution in [0, 0.1) is 6.92 Å². The second-order valence-electron chi connectivity index (χ2n) is 4.10. The van der Waals surface area contributed by atoms with Gasteiger partial charge in [0.2, 0.25) is 0 Å². The van der Waals surface area contributed by atoms with E-state index in [1.54, 1.807) is 6.07 Å². The molecule has 92 valence electrons. The lowest BCUT2D eigenvalue weighted by Gasteiger charge is -2.11. The van der Waals surface area contributed by atoms with Gasteiger partial charge in [-0.2, -0.15) is 0 Å². The molecule has 2 aromatic carbocycles. The number of carbonyl (C=O) groups is 1. The third-order valence-electron chi connectivity index (χ3n) is 2.78. The molecule has 0 bridgehead atoms. The molecule has 0 N–H and O–H groups in total. The number of carbonyl (C=O) groups excluding carboxylic acids is 1. The van der Waals surface area contributed by atoms with E-state index in [-0.39, 0.29) is 5.78 Å². The predicted molar refractivity (Wildman–Crippen MR) is 78.2 cm³/mol. The zero-order chi connectivity index (χ0) is 13.1.